The smallest absolute Gasteiger partial charge is 0.271 e. The number of pyridine rings is 1. The first-order valence-corrected chi connectivity index (χ1v) is 7.78. The Bertz CT molecular complexity index is 861. The number of benzene rings is 1. The number of nitrogens with zero attached hydrogens (tertiary/aromatic N) is 2. The summed E-state index contributed by atoms with van der Waals surface area (Å²) in [5.41, 5.74) is 1.76. The minimum atomic E-state index is -1.04. The van der Waals surface area contributed by atoms with Crippen molar-refractivity contribution in [3.8, 4) is 11.8 Å². The van der Waals surface area contributed by atoms with E-state index >= 15 is 0 Å². The Kier molecular flexibility index (Phi) is 6.25. The molecule has 0 bridgehead atoms. The van der Waals surface area contributed by atoms with Crippen molar-refractivity contribution < 1.29 is 19.8 Å². The van der Waals surface area contributed by atoms with Crippen LogP contribution in [0.5, 0.6) is 5.75 Å². The summed E-state index contributed by atoms with van der Waals surface area (Å²) in [6.45, 7) is 1.34. The van der Waals surface area contributed by atoms with Crippen LogP contribution in [-0.2, 0) is 11.2 Å². The van der Waals surface area contributed by atoms with E-state index in [0.717, 1.165) is 5.56 Å². The highest BCUT2D eigenvalue weighted by molar-refractivity contribution is 5.96. The Morgan fingerprint density at radius 1 is 1.31 bits per heavy atom. The number of anilines is 1. The van der Waals surface area contributed by atoms with Gasteiger partial charge in [0.05, 0.1) is 19.1 Å². The lowest BCUT2D eigenvalue weighted by atomic mass is 10.1. The highest BCUT2D eigenvalue weighted by Crippen LogP contribution is 2.19. The van der Waals surface area contributed by atoms with Crippen LogP contribution in [0, 0.1) is 18.3 Å². The number of nitrogens with one attached hydrogen (secondary N) is 2. The molecule has 0 spiro atoms. The average Bonchev–Trinajstić information content (AvgIpc) is 2.62. The van der Waals surface area contributed by atoms with Crippen molar-refractivity contribution in [1.82, 2.24) is 10.3 Å². The maximum atomic E-state index is 12.2. The summed E-state index contributed by atoms with van der Waals surface area (Å²) in [5.74, 6) is -0.973. The van der Waals surface area contributed by atoms with Crippen LogP contribution in [0.25, 0.3) is 0 Å². The normalized spacial score (nSPS) is 11.3. The van der Waals surface area contributed by atoms with Crippen molar-refractivity contribution in [3.05, 3.63) is 53.3 Å². The van der Waals surface area contributed by atoms with Gasteiger partial charge in [-0.15, -0.1) is 0 Å². The Hall–Kier alpha value is -3.44. The molecule has 1 aromatic heterocycles. The molecule has 1 unspecified atom stereocenters. The third-order valence-electron chi connectivity index (χ3n) is 3.51. The van der Waals surface area contributed by atoms with E-state index < -0.39 is 18.6 Å². The van der Waals surface area contributed by atoms with Crippen LogP contribution < -0.4 is 10.6 Å². The zero-order valence-electron chi connectivity index (χ0n) is 14.1. The van der Waals surface area contributed by atoms with E-state index in [1.165, 1.54) is 24.4 Å². The number of aryl methyl sites for hydroxylation is 1. The second-order valence-corrected chi connectivity index (χ2v) is 5.62. The molecule has 1 atom stereocenters. The van der Waals surface area contributed by atoms with Gasteiger partial charge in [-0.1, -0.05) is 17.7 Å². The van der Waals surface area contributed by atoms with Crippen molar-refractivity contribution in [1.29, 1.82) is 5.26 Å². The first kappa shape index (κ1) is 18.9. The van der Waals surface area contributed by atoms with E-state index in [9.17, 15) is 14.7 Å². The maximum absolute atomic E-state index is 12.2. The minimum absolute atomic E-state index is 0.00472. The van der Waals surface area contributed by atoms with Crippen molar-refractivity contribution in [2.45, 2.75) is 19.4 Å². The lowest BCUT2D eigenvalue weighted by molar-refractivity contribution is -0.115. The van der Waals surface area contributed by atoms with Gasteiger partial charge < -0.3 is 20.8 Å². The predicted molar refractivity (Wildman–Crippen MR) is 93.4 cm³/mol. The molecule has 2 aromatic rings. The number of rotatable bonds is 6. The number of carbonyl (C=O) groups is 2. The largest absolute Gasteiger partial charge is 0.508 e. The number of phenolic OH excluding ortho intramolecular Hbond substituents is 1. The number of hydrogen-bond donors (Lipinski definition) is 4. The van der Waals surface area contributed by atoms with Crippen LogP contribution >= 0.6 is 0 Å². The first-order chi connectivity index (χ1) is 12.4. The molecule has 0 aliphatic rings. The summed E-state index contributed by atoms with van der Waals surface area (Å²) in [6.07, 6.45) is 1.31. The molecule has 134 valence electrons. The molecule has 0 fully saturated rings. The third kappa shape index (κ3) is 5.03. The fraction of sp³-hybridized carbons (Fsp3) is 0.222. The molecule has 4 N–H and O–H groups in total. The van der Waals surface area contributed by atoms with Gasteiger partial charge in [0.15, 0.2) is 0 Å². The van der Waals surface area contributed by atoms with E-state index in [1.807, 2.05) is 6.92 Å². The highest BCUT2D eigenvalue weighted by Gasteiger charge is 2.14. The Morgan fingerprint density at radius 2 is 2.08 bits per heavy atom. The number of aliphatic hydroxyl groups excluding tert-OH is 1. The predicted octanol–water partition coefficient (Wildman–Crippen LogP) is 0.891. The van der Waals surface area contributed by atoms with Gasteiger partial charge in [-0.3, -0.25) is 14.6 Å². The zero-order chi connectivity index (χ0) is 19.1. The molecule has 2 rings (SSSR count). The van der Waals surface area contributed by atoms with Gasteiger partial charge in [0, 0.05) is 17.4 Å². The summed E-state index contributed by atoms with van der Waals surface area (Å²) < 4.78 is 0. The first-order valence-electron chi connectivity index (χ1n) is 7.78. The van der Waals surface area contributed by atoms with E-state index in [1.54, 1.807) is 18.2 Å². The molecule has 1 heterocycles. The third-order valence-corrected chi connectivity index (χ3v) is 3.51. The molecule has 0 aliphatic heterocycles. The van der Waals surface area contributed by atoms with Crippen molar-refractivity contribution in [3.63, 3.8) is 0 Å². The topological polar surface area (TPSA) is 135 Å². The van der Waals surface area contributed by atoms with Gasteiger partial charge in [0.25, 0.3) is 5.91 Å². The highest BCUT2D eigenvalue weighted by atomic mass is 16.3. The van der Waals surface area contributed by atoms with Gasteiger partial charge in [-0.2, -0.15) is 5.26 Å². The molecule has 1 aromatic carbocycles. The summed E-state index contributed by atoms with van der Waals surface area (Å²) in [5, 5.41) is 32.4. The number of carbonyl (C=O) groups excluding carboxylic acids is 2. The van der Waals surface area contributed by atoms with E-state index in [4.69, 9.17) is 10.4 Å². The Labute approximate surface area is 150 Å². The van der Waals surface area contributed by atoms with Crippen molar-refractivity contribution in [2.24, 2.45) is 0 Å². The summed E-state index contributed by atoms with van der Waals surface area (Å²) >= 11 is 0. The Morgan fingerprint density at radius 3 is 2.77 bits per heavy atom. The fourth-order valence-electron chi connectivity index (χ4n) is 2.22. The SMILES string of the molecule is Cc1ccc(O)c(CC(=O)Nc2ccnc(C(=O)NC(C#N)CO)c2)c1. The lowest BCUT2D eigenvalue weighted by Crippen LogP contribution is -2.36. The molecule has 26 heavy (non-hydrogen) atoms. The Balaban J connectivity index is 2.06. The van der Waals surface area contributed by atoms with Crippen LogP contribution in [0.4, 0.5) is 5.69 Å². The van der Waals surface area contributed by atoms with Gasteiger partial charge in [-0.25, -0.2) is 0 Å². The van der Waals surface area contributed by atoms with Gasteiger partial charge in [0.1, 0.15) is 17.5 Å². The van der Waals surface area contributed by atoms with E-state index in [2.05, 4.69) is 15.6 Å². The second-order valence-electron chi connectivity index (χ2n) is 5.62. The van der Waals surface area contributed by atoms with Crippen LogP contribution in [0.3, 0.4) is 0 Å². The summed E-state index contributed by atoms with van der Waals surface area (Å²) in [7, 11) is 0. The number of phenols is 1. The number of hydrogen-bond acceptors (Lipinski definition) is 6. The summed E-state index contributed by atoms with van der Waals surface area (Å²) in [6, 6.07) is 8.55. The number of aromatic hydroxyl groups is 1. The molecular formula is C18H18N4O4. The fourth-order valence-corrected chi connectivity index (χ4v) is 2.22. The lowest BCUT2D eigenvalue weighted by Gasteiger charge is -2.10. The van der Waals surface area contributed by atoms with Crippen molar-refractivity contribution in [2.75, 3.05) is 11.9 Å². The molecule has 0 aliphatic carbocycles. The van der Waals surface area contributed by atoms with Gasteiger partial charge in [-0.05, 0) is 25.1 Å². The molecule has 8 heteroatoms. The van der Waals surface area contributed by atoms with Crippen LogP contribution in [0.2, 0.25) is 0 Å². The number of aliphatic hydroxyl groups is 1. The molecule has 8 nitrogen and oxygen atoms in total. The zero-order valence-corrected chi connectivity index (χ0v) is 14.1. The van der Waals surface area contributed by atoms with Gasteiger partial charge in [0.2, 0.25) is 5.91 Å². The standard InChI is InChI=1S/C18H18N4O4/c1-11-2-3-16(24)12(6-11)7-17(25)21-13-4-5-20-15(8-13)18(26)22-14(9-19)10-23/h2-6,8,14,23-24H,7,10H2,1H3,(H,22,26)(H,20,21,25). The average molecular weight is 354 g/mol. The number of aromatic nitrogens is 1. The molecule has 0 radical (unpaired) electrons. The van der Waals surface area contributed by atoms with Crippen LogP contribution in [0.1, 0.15) is 21.6 Å². The number of nitriles is 1. The minimum Gasteiger partial charge on any atom is -0.508 e. The van der Waals surface area contributed by atoms with Crippen LogP contribution in [0.15, 0.2) is 36.5 Å². The quantitative estimate of drug-likeness (QED) is 0.608. The molecule has 0 saturated carbocycles. The van der Waals surface area contributed by atoms with E-state index in [0.29, 0.717) is 11.3 Å². The monoisotopic (exact) mass is 354 g/mol. The molecular weight excluding hydrogens is 336 g/mol. The summed E-state index contributed by atoms with van der Waals surface area (Å²) in [4.78, 5) is 28.1. The molecule has 0 saturated heterocycles. The maximum Gasteiger partial charge on any atom is 0.271 e. The van der Waals surface area contributed by atoms with Crippen LogP contribution in [-0.4, -0.2) is 39.7 Å². The second kappa shape index (κ2) is 8.60. The van der Waals surface area contributed by atoms with E-state index in [-0.39, 0.29) is 23.8 Å². The van der Waals surface area contributed by atoms with Crippen molar-refractivity contribution >= 4 is 17.5 Å². The molecule has 2 amide bonds. The van der Waals surface area contributed by atoms with Gasteiger partial charge >= 0.3 is 0 Å². The number of amides is 2.